The Morgan fingerprint density at radius 3 is 2.91 bits per heavy atom. The summed E-state index contributed by atoms with van der Waals surface area (Å²) in [7, 11) is 1.85. The van der Waals surface area contributed by atoms with Gasteiger partial charge in [-0.3, -0.25) is 0 Å². The van der Waals surface area contributed by atoms with Crippen molar-refractivity contribution in [1.82, 2.24) is 19.8 Å². The van der Waals surface area contributed by atoms with Crippen LogP contribution in [0.5, 0.6) is 0 Å². The Kier molecular flexibility index (Phi) is 4.53. The average Bonchev–Trinajstić information content (AvgIpc) is 2.57. The Balaban J connectivity index is 1.74. The minimum absolute atomic E-state index is 0.104. The molecule has 0 spiro atoms. The zero-order valence-corrected chi connectivity index (χ0v) is 13.8. The smallest absolute Gasteiger partial charge is 0.320 e. The summed E-state index contributed by atoms with van der Waals surface area (Å²) >= 11 is 5.98. The van der Waals surface area contributed by atoms with E-state index in [4.69, 9.17) is 16.9 Å². The summed E-state index contributed by atoms with van der Waals surface area (Å²) in [5, 5.41) is 9.01. The monoisotopic (exact) mass is 334 g/mol. The second-order valence-corrected chi connectivity index (χ2v) is 6.33. The third-order valence-electron chi connectivity index (χ3n) is 4.45. The van der Waals surface area contributed by atoms with Gasteiger partial charge in [-0.2, -0.15) is 5.26 Å². The number of urea groups is 1. The lowest BCUT2D eigenvalue weighted by molar-refractivity contribution is 0.112. The molecule has 1 atom stereocenters. The number of hydrogen-bond donors (Lipinski definition) is 0. The number of piperidine rings is 1. The molecule has 23 heavy (non-hydrogen) atoms. The molecule has 1 aromatic rings. The number of nitriles is 1. The molecule has 122 valence electrons. The molecule has 3 rings (SSSR count). The maximum atomic E-state index is 12.4. The molecule has 2 aliphatic rings. The Morgan fingerprint density at radius 2 is 2.17 bits per heavy atom. The molecule has 2 saturated heterocycles. The number of hydrogen-bond acceptors (Lipinski definition) is 5. The minimum atomic E-state index is 0.104. The fraction of sp³-hybridized carbons (Fsp3) is 0.600. The maximum absolute atomic E-state index is 12.4. The summed E-state index contributed by atoms with van der Waals surface area (Å²) in [4.78, 5) is 26.5. The van der Waals surface area contributed by atoms with E-state index in [-0.39, 0.29) is 22.9 Å². The predicted molar refractivity (Wildman–Crippen MR) is 86.3 cm³/mol. The van der Waals surface area contributed by atoms with E-state index in [1.54, 1.807) is 11.1 Å². The van der Waals surface area contributed by atoms with Crippen LogP contribution in [0, 0.1) is 11.3 Å². The number of carbonyl (C=O) groups is 1. The van der Waals surface area contributed by atoms with Crippen LogP contribution >= 0.6 is 11.6 Å². The van der Waals surface area contributed by atoms with Gasteiger partial charge in [-0.25, -0.2) is 14.8 Å². The predicted octanol–water partition coefficient (Wildman–Crippen LogP) is 1.73. The molecule has 0 N–H and O–H groups in total. The first-order valence-corrected chi connectivity index (χ1v) is 8.17. The molecule has 0 aliphatic carbocycles. The number of nitrogens with zero attached hydrogens (tertiary/aromatic N) is 6. The highest BCUT2D eigenvalue weighted by Crippen LogP contribution is 2.24. The van der Waals surface area contributed by atoms with Gasteiger partial charge in [0.1, 0.15) is 11.9 Å². The van der Waals surface area contributed by atoms with Crippen LogP contribution in [-0.4, -0.2) is 65.1 Å². The molecular formula is C15H19ClN6O. The molecule has 3 heterocycles. The number of carbonyl (C=O) groups excluding carboxylic acids is 1. The van der Waals surface area contributed by atoms with Crippen molar-refractivity contribution in [3.05, 3.63) is 17.0 Å². The SMILES string of the molecule is CN1CCCN(C2CCCN(c3cnc(C#N)c(Cl)n3)C2)C1=O. The Bertz CT molecular complexity index is 645. The van der Waals surface area contributed by atoms with Crippen LogP contribution in [0.1, 0.15) is 25.0 Å². The summed E-state index contributed by atoms with van der Waals surface area (Å²) in [6, 6.07) is 2.19. The van der Waals surface area contributed by atoms with Gasteiger partial charge in [0.05, 0.1) is 12.2 Å². The topological polar surface area (TPSA) is 76.4 Å². The van der Waals surface area contributed by atoms with Crippen LogP contribution in [0.15, 0.2) is 6.20 Å². The molecule has 1 aromatic heterocycles. The van der Waals surface area contributed by atoms with Crippen molar-refractivity contribution in [2.24, 2.45) is 0 Å². The third kappa shape index (κ3) is 3.17. The number of aromatic nitrogens is 2. The van der Waals surface area contributed by atoms with E-state index < -0.39 is 0 Å². The highest BCUT2D eigenvalue weighted by Gasteiger charge is 2.32. The molecule has 0 radical (unpaired) electrons. The highest BCUT2D eigenvalue weighted by molar-refractivity contribution is 6.30. The van der Waals surface area contributed by atoms with Gasteiger partial charge in [0.15, 0.2) is 10.8 Å². The van der Waals surface area contributed by atoms with Gasteiger partial charge in [-0.05, 0) is 19.3 Å². The van der Waals surface area contributed by atoms with Gasteiger partial charge in [0.25, 0.3) is 0 Å². The molecule has 1 unspecified atom stereocenters. The van der Waals surface area contributed by atoms with Gasteiger partial charge < -0.3 is 14.7 Å². The zero-order valence-electron chi connectivity index (χ0n) is 13.1. The third-order valence-corrected chi connectivity index (χ3v) is 4.71. The van der Waals surface area contributed by atoms with E-state index in [1.165, 1.54) is 0 Å². The number of rotatable bonds is 2. The van der Waals surface area contributed by atoms with Crippen molar-refractivity contribution >= 4 is 23.4 Å². The van der Waals surface area contributed by atoms with Gasteiger partial charge >= 0.3 is 6.03 Å². The zero-order chi connectivity index (χ0) is 16.4. The molecule has 7 nitrogen and oxygen atoms in total. The quantitative estimate of drug-likeness (QED) is 0.823. The van der Waals surface area contributed by atoms with Crippen LogP contribution in [0.2, 0.25) is 5.15 Å². The van der Waals surface area contributed by atoms with Gasteiger partial charge in [-0.15, -0.1) is 0 Å². The van der Waals surface area contributed by atoms with Crippen molar-refractivity contribution in [2.75, 3.05) is 38.1 Å². The van der Waals surface area contributed by atoms with Crippen molar-refractivity contribution in [3.63, 3.8) is 0 Å². The van der Waals surface area contributed by atoms with Crippen LogP contribution < -0.4 is 4.90 Å². The first-order valence-electron chi connectivity index (χ1n) is 7.79. The van der Waals surface area contributed by atoms with E-state index in [0.717, 1.165) is 45.4 Å². The van der Waals surface area contributed by atoms with Crippen LogP contribution in [-0.2, 0) is 0 Å². The first kappa shape index (κ1) is 15.8. The van der Waals surface area contributed by atoms with E-state index in [9.17, 15) is 4.79 Å². The lowest BCUT2D eigenvalue weighted by Gasteiger charge is -2.43. The van der Waals surface area contributed by atoms with E-state index >= 15 is 0 Å². The van der Waals surface area contributed by atoms with E-state index in [1.807, 2.05) is 18.0 Å². The lowest BCUT2D eigenvalue weighted by atomic mass is 10.0. The molecule has 0 bridgehead atoms. The van der Waals surface area contributed by atoms with Gasteiger partial charge in [-0.1, -0.05) is 11.6 Å². The summed E-state index contributed by atoms with van der Waals surface area (Å²) in [5.41, 5.74) is 0.136. The summed E-state index contributed by atoms with van der Waals surface area (Å²) in [6.45, 7) is 3.20. The van der Waals surface area contributed by atoms with Crippen molar-refractivity contribution < 1.29 is 4.79 Å². The normalized spacial score (nSPS) is 22.2. The van der Waals surface area contributed by atoms with Crippen LogP contribution in [0.3, 0.4) is 0 Å². The van der Waals surface area contributed by atoms with E-state index in [0.29, 0.717) is 5.82 Å². The van der Waals surface area contributed by atoms with Crippen molar-refractivity contribution in [1.29, 1.82) is 5.26 Å². The van der Waals surface area contributed by atoms with Crippen LogP contribution in [0.4, 0.5) is 10.6 Å². The number of anilines is 1. The molecule has 2 fully saturated rings. The molecule has 0 aromatic carbocycles. The number of halogens is 1. The first-order chi connectivity index (χ1) is 11.1. The second kappa shape index (κ2) is 6.59. The van der Waals surface area contributed by atoms with Crippen LogP contribution in [0.25, 0.3) is 0 Å². The van der Waals surface area contributed by atoms with Crippen molar-refractivity contribution in [3.8, 4) is 6.07 Å². The fourth-order valence-corrected chi connectivity index (χ4v) is 3.41. The standard InChI is InChI=1S/C15H19ClN6O/c1-20-5-3-7-22(15(20)23)11-4-2-6-21(10-11)13-9-18-12(8-17)14(16)19-13/h9,11H,2-7,10H2,1H3. The molecule has 0 saturated carbocycles. The number of amides is 2. The van der Waals surface area contributed by atoms with Crippen molar-refractivity contribution in [2.45, 2.75) is 25.3 Å². The fourth-order valence-electron chi connectivity index (χ4n) is 3.23. The molecule has 8 heteroatoms. The van der Waals surface area contributed by atoms with Gasteiger partial charge in [0.2, 0.25) is 0 Å². The Hall–Kier alpha value is -2.07. The largest absolute Gasteiger partial charge is 0.353 e. The Labute approximate surface area is 140 Å². The highest BCUT2D eigenvalue weighted by atomic mass is 35.5. The molecule has 2 amide bonds. The maximum Gasteiger partial charge on any atom is 0.320 e. The van der Waals surface area contributed by atoms with Gasteiger partial charge in [0, 0.05) is 33.2 Å². The summed E-state index contributed by atoms with van der Waals surface area (Å²) < 4.78 is 0. The molecule has 2 aliphatic heterocycles. The minimum Gasteiger partial charge on any atom is -0.353 e. The average molecular weight is 335 g/mol. The van der Waals surface area contributed by atoms with E-state index in [2.05, 4.69) is 14.9 Å². The second-order valence-electron chi connectivity index (χ2n) is 5.97. The summed E-state index contributed by atoms with van der Waals surface area (Å²) in [5.74, 6) is 0.663. The Morgan fingerprint density at radius 1 is 1.35 bits per heavy atom. The molecular weight excluding hydrogens is 316 g/mol. The lowest BCUT2D eigenvalue weighted by Crippen LogP contribution is -2.56. The summed E-state index contributed by atoms with van der Waals surface area (Å²) in [6.07, 6.45) is 4.56.